The lowest BCUT2D eigenvalue weighted by molar-refractivity contribution is 0.0693. The fourth-order valence-corrected chi connectivity index (χ4v) is 3.65. The van der Waals surface area contributed by atoms with Gasteiger partial charge < -0.3 is 9.84 Å². The molecule has 2 N–H and O–H groups in total. The minimum Gasteiger partial charge on any atom is -0.490 e. The Balaban J connectivity index is 1.77. The van der Waals surface area contributed by atoms with Gasteiger partial charge in [-0.1, -0.05) is 0 Å². The average Bonchev–Trinajstić information content (AvgIpc) is 3.05. The number of rotatable bonds is 6. The highest BCUT2D eigenvalue weighted by Crippen LogP contribution is 2.29. The number of carbonyl (C=O) groups is 2. The normalized spacial score (nSPS) is 19.5. The molecule has 2 fully saturated rings. The van der Waals surface area contributed by atoms with Gasteiger partial charge in [-0.05, 0) is 50.3 Å². The number of nitrogens with one attached hydrogen (secondary N) is 1. The first-order valence-corrected chi connectivity index (χ1v) is 9.17. The number of aromatic carboxylic acids is 1. The maximum Gasteiger partial charge on any atom is 0.335 e. The van der Waals surface area contributed by atoms with E-state index >= 15 is 0 Å². The van der Waals surface area contributed by atoms with E-state index in [4.69, 9.17) is 9.84 Å². The minimum absolute atomic E-state index is 0.00433. The summed E-state index contributed by atoms with van der Waals surface area (Å²) in [6.07, 6.45) is 4.76. The topological polar surface area (TPSA) is 95.9 Å². The summed E-state index contributed by atoms with van der Waals surface area (Å²) in [6, 6.07) is 4.12. The van der Waals surface area contributed by atoms with Gasteiger partial charge >= 0.3 is 5.97 Å². The molecule has 1 atom stereocenters. The predicted molar refractivity (Wildman–Crippen MR) is 88.1 cm³/mol. The lowest BCUT2D eigenvalue weighted by Gasteiger charge is -2.27. The predicted octanol–water partition coefficient (Wildman–Crippen LogP) is 1.72. The molecule has 2 aliphatic rings. The molecule has 130 valence electrons. The molecule has 7 nitrogen and oxygen atoms in total. The Labute approximate surface area is 142 Å². The quantitative estimate of drug-likeness (QED) is 0.813. The first-order valence-electron chi connectivity index (χ1n) is 8.06. The van der Waals surface area contributed by atoms with E-state index in [1.54, 1.807) is 4.31 Å². The van der Waals surface area contributed by atoms with Gasteiger partial charge in [-0.2, -0.15) is 0 Å². The second kappa shape index (κ2) is 7.31. The number of carboxylic acids is 1. The molecule has 1 unspecified atom stereocenters. The van der Waals surface area contributed by atoms with Crippen LogP contribution in [0.3, 0.4) is 0 Å². The fraction of sp³-hybridized carbons (Fsp3) is 0.500. The van der Waals surface area contributed by atoms with E-state index in [1.807, 2.05) is 0 Å². The van der Waals surface area contributed by atoms with E-state index in [9.17, 15) is 13.8 Å². The lowest BCUT2D eigenvalue weighted by Crippen LogP contribution is -2.37. The molecule has 24 heavy (non-hydrogen) atoms. The van der Waals surface area contributed by atoms with E-state index in [0.717, 1.165) is 32.1 Å². The number of ether oxygens (including phenoxy) is 1. The number of benzene rings is 1. The van der Waals surface area contributed by atoms with E-state index in [-0.39, 0.29) is 23.0 Å². The van der Waals surface area contributed by atoms with Crippen LogP contribution in [-0.2, 0) is 11.2 Å². The smallest absolute Gasteiger partial charge is 0.335 e. The number of amides is 1. The zero-order valence-corrected chi connectivity index (χ0v) is 14.0. The molecule has 0 radical (unpaired) electrons. The molecule has 0 aromatic heterocycles. The van der Waals surface area contributed by atoms with Gasteiger partial charge in [0.05, 0.1) is 17.2 Å². The molecule has 0 bridgehead atoms. The molecule has 3 rings (SSSR count). The molecule has 8 heteroatoms. The Hall–Kier alpha value is -1.93. The summed E-state index contributed by atoms with van der Waals surface area (Å²) in [6.45, 7) is 1.38. The monoisotopic (exact) mass is 352 g/mol. The van der Waals surface area contributed by atoms with Crippen molar-refractivity contribution < 1.29 is 23.6 Å². The number of nitrogens with zero attached hydrogens (tertiary/aromatic N) is 1. The molecule has 1 aromatic carbocycles. The van der Waals surface area contributed by atoms with Crippen LogP contribution in [0.25, 0.3) is 0 Å². The Morgan fingerprint density at radius 1 is 1.21 bits per heavy atom. The molecule has 1 saturated carbocycles. The third-order valence-electron chi connectivity index (χ3n) is 4.30. The maximum absolute atomic E-state index is 12.4. The Morgan fingerprint density at radius 2 is 1.92 bits per heavy atom. The van der Waals surface area contributed by atoms with Crippen LogP contribution in [-0.4, -0.2) is 44.7 Å². The van der Waals surface area contributed by atoms with E-state index in [1.165, 1.54) is 18.2 Å². The van der Waals surface area contributed by atoms with E-state index in [2.05, 4.69) is 4.72 Å². The van der Waals surface area contributed by atoms with Crippen LogP contribution in [0.4, 0.5) is 0 Å². The van der Waals surface area contributed by atoms with Crippen molar-refractivity contribution >= 4 is 23.0 Å². The van der Waals surface area contributed by atoms with Gasteiger partial charge in [0.1, 0.15) is 5.75 Å². The summed E-state index contributed by atoms with van der Waals surface area (Å²) in [5.74, 6) is -1.37. The first-order chi connectivity index (χ1) is 11.5. The van der Waals surface area contributed by atoms with Crippen LogP contribution in [0.15, 0.2) is 18.2 Å². The SMILES string of the molecule is O=C(O)c1ccc(C(=O)NS(=O)N2CCCC2)c(OC2CCC2)c1. The molecule has 1 aromatic rings. The van der Waals surface area contributed by atoms with Crippen molar-refractivity contribution in [2.45, 2.75) is 38.2 Å². The van der Waals surface area contributed by atoms with Crippen molar-refractivity contribution in [3.63, 3.8) is 0 Å². The van der Waals surface area contributed by atoms with Gasteiger partial charge in [-0.15, -0.1) is 0 Å². The second-order valence-electron chi connectivity index (χ2n) is 6.00. The van der Waals surface area contributed by atoms with Crippen LogP contribution >= 0.6 is 0 Å². The molecule has 1 aliphatic carbocycles. The van der Waals surface area contributed by atoms with Crippen molar-refractivity contribution in [2.75, 3.05) is 13.1 Å². The molecule has 1 amide bonds. The molecule has 0 spiro atoms. The van der Waals surface area contributed by atoms with Crippen LogP contribution < -0.4 is 9.46 Å². The van der Waals surface area contributed by atoms with Gasteiger partial charge in [0.15, 0.2) is 11.2 Å². The van der Waals surface area contributed by atoms with Crippen molar-refractivity contribution in [1.29, 1.82) is 0 Å². The summed E-state index contributed by atoms with van der Waals surface area (Å²) in [5.41, 5.74) is 0.265. The van der Waals surface area contributed by atoms with Crippen LogP contribution in [0, 0.1) is 0 Å². The zero-order chi connectivity index (χ0) is 17.1. The molecule has 1 aliphatic heterocycles. The molecule has 1 heterocycles. The first kappa shape index (κ1) is 16.9. The number of carbonyl (C=O) groups excluding carboxylic acids is 1. The molecule has 1 saturated heterocycles. The highest BCUT2D eigenvalue weighted by molar-refractivity contribution is 7.81. The van der Waals surface area contributed by atoms with Gasteiger partial charge in [-0.25, -0.2) is 13.3 Å². The van der Waals surface area contributed by atoms with Gasteiger partial charge in [0.25, 0.3) is 5.91 Å². The standard InChI is InChI=1S/C16H20N2O5S/c19-15(17-24(22)18-8-1-2-9-18)13-7-6-11(16(20)21)10-14(13)23-12-4-3-5-12/h6-7,10,12H,1-5,8-9H2,(H,17,19)(H,20,21). The van der Waals surface area contributed by atoms with Crippen LogP contribution in [0.5, 0.6) is 5.75 Å². The average molecular weight is 352 g/mol. The number of hydrogen-bond acceptors (Lipinski definition) is 4. The second-order valence-corrected chi connectivity index (χ2v) is 7.22. The largest absolute Gasteiger partial charge is 0.490 e. The van der Waals surface area contributed by atoms with Crippen molar-refractivity contribution in [3.8, 4) is 5.75 Å². The molecular weight excluding hydrogens is 332 g/mol. The zero-order valence-electron chi connectivity index (χ0n) is 13.2. The van der Waals surface area contributed by atoms with E-state index in [0.29, 0.717) is 13.1 Å². The third kappa shape index (κ3) is 3.76. The van der Waals surface area contributed by atoms with Crippen molar-refractivity contribution in [1.82, 2.24) is 9.03 Å². The minimum atomic E-state index is -1.59. The molecular formula is C16H20N2O5S. The number of carboxylic acid groups (broad SMARTS) is 1. The summed E-state index contributed by atoms with van der Waals surface area (Å²) < 4.78 is 22.1. The number of hydrogen-bond donors (Lipinski definition) is 2. The lowest BCUT2D eigenvalue weighted by atomic mass is 9.96. The van der Waals surface area contributed by atoms with Crippen molar-refractivity contribution in [3.05, 3.63) is 29.3 Å². The summed E-state index contributed by atoms with van der Waals surface area (Å²) in [7, 11) is 0. The Bertz CT molecular complexity index is 668. The van der Waals surface area contributed by atoms with Gasteiger partial charge in [0.2, 0.25) is 0 Å². The maximum atomic E-state index is 12.4. The van der Waals surface area contributed by atoms with Gasteiger partial charge in [0, 0.05) is 13.1 Å². The summed E-state index contributed by atoms with van der Waals surface area (Å²) in [4.78, 5) is 23.6. The third-order valence-corrected chi connectivity index (χ3v) is 5.49. The van der Waals surface area contributed by atoms with Crippen LogP contribution in [0.2, 0.25) is 0 Å². The highest BCUT2D eigenvalue weighted by Gasteiger charge is 2.25. The highest BCUT2D eigenvalue weighted by atomic mass is 32.2. The Morgan fingerprint density at radius 3 is 2.50 bits per heavy atom. The van der Waals surface area contributed by atoms with Crippen molar-refractivity contribution in [2.24, 2.45) is 0 Å². The Kier molecular flexibility index (Phi) is 5.15. The fourth-order valence-electron chi connectivity index (χ4n) is 2.66. The van der Waals surface area contributed by atoms with Crippen LogP contribution in [0.1, 0.15) is 52.8 Å². The summed E-state index contributed by atoms with van der Waals surface area (Å²) in [5, 5.41) is 9.12. The van der Waals surface area contributed by atoms with E-state index < -0.39 is 23.0 Å². The summed E-state index contributed by atoms with van der Waals surface area (Å²) >= 11 is -1.59. The van der Waals surface area contributed by atoms with Gasteiger partial charge in [-0.3, -0.25) is 9.52 Å².